The molecule has 0 unspecified atom stereocenters. The number of anilines is 1. The maximum Gasteiger partial charge on any atom is 0.257 e. The number of hydrogen-bond donors (Lipinski definition) is 1. The number of carbonyl (C=O) groups excluding carboxylic acids is 1. The van der Waals surface area contributed by atoms with Gasteiger partial charge < -0.3 is 0 Å². The van der Waals surface area contributed by atoms with Crippen LogP contribution >= 0.6 is 34.5 Å². The third-order valence-electron chi connectivity index (χ3n) is 3.72. The van der Waals surface area contributed by atoms with E-state index in [2.05, 4.69) is 36.3 Å². The number of rotatable bonds is 4. The van der Waals surface area contributed by atoms with Crippen molar-refractivity contribution in [3.05, 3.63) is 69.0 Å². The van der Waals surface area contributed by atoms with Crippen LogP contribution < -0.4 is 5.32 Å². The number of amides is 1. The minimum Gasteiger partial charge on any atom is -0.298 e. The van der Waals surface area contributed by atoms with Gasteiger partial charge in [0.05, 0.1) is 5.69 Å². The topological polar surface area (TPSA) is 42.0 Å². The normalized spacial score (nSPS) is 10.9. The molecule has 0 aliphatic carbocycles. The molecule has 0 saturated heterocycles. The fourth-order valence-electron chi connectivity index (χ4n) is 2.36. The Morgan fingerprint density at radius 2 is 1.72 bits per heavy atom. The molecule has 3 aromatic rings. The van der Waals surface area contributed by atoms with Crippen LogP contribution in [0.25, 0.3) is 11.3 Å². The maximum atomic E-state index is 12.3. The van der Waals surface area contributed by atoms with Crippen LogP contribution in [0.15, 0.2) is 47.8 Å². The minimum absolute atomic E-state index is 0.291. The number of halogens is 2. The van der Waals surface area contributed by atoms with Crippen LogP contribution in [0.5, 0.6) is 0 Å². The lowest BCUT2D eigenvalue weighted by atomic mass is 10.0. The molecule has 25 heavy (non-hydrogen) atoms. The predicted octanol–water partition coefficient (Wildman–Crippen LogP) is 6.49. The molecule has 128 valence electrons. The summed E-state index contributed by atoms with van der Waals surface area (Å²) in [7, 11) is 0. The molecule has 0 fully saturated rings. The number of thiazole rings is 1. The van der Waals surface area contributed by atoms with Crippen molar-refractivity contribution in [1.82, 2.24) is 4.98 Å². The highest BCUT2D eigenvalue weighted by atomic mass is 35.5. The van der Waals surface area contributed by atoms with Gasteiger partial charge in [-0.3, -0.25) is 10.1 Å². The highest BCUT2D eigenvalue weighted by molar-refractivity contribution is 7.14. The Balaban J connectivity index is 1.76. The number of hydrogen-bond acceptors (Lipinski definition) is 3. The van der Waals surface area contributed by atoms with E-state index in [0.29, 0.717) is 26.7 Å². The standard InChI is InChI=1S/C19H16Cl2N2OS/c1-11(2)12-3-5-13(6-4-12)17-10-25-19(22-17)23-18(24)14-7-15(20)9-16(21)8-14/h3-11H,1-2H3,(H,22,23,24). The van der Waals surface area contributed by atoms with Crippen molar-refractivity contribution in [1.29, 1.82) is 0 Å². The molecule has 0 radical (unpaired) electrons. The van der Waals surface area contributed by atoms with Gasteiger partial charge in [-0.1, -0.05) is 61.3 Å². The molecular formula is C19H16Cl2N2OS. The molecule has 2 aromatic carbocycles. The Kier molecular flexibility index (Phi) is 5.42. The summed E-state index contributed by atoms with van der Waals surface area (Å²) in [6.07, 6.45) is 0. The average Bonchev–Trinajstić information content (AvgIpc) is 3.02. The summed E-state index contributed by atoms with van der Waals surface area (Å²) in [6, 6.07) is 13.0. The quantitative estimate of drug-likeness (QED) is 0.552. The minimum atomic E-state index is -0.291. The monoisotopic (exact) mass is 390 g/mol. The van der Waals surface area contributed by atoms with Crippen LogP contribution in [0, 0.1) is 0 Å². The van der Waals surface area contributed by atoms with Crippen LogP contribution in [0.3, 0.4) is 0 Å². The third-order valence-corrected chi connectivity index (χ3v) is 4.92. The van der Waals surface area contributed by atoms with Crippen molar-refractivity contribution in [3.8, 4) is 11.3 Å². The summed E-state index contributed by atoms with van der Waals surface area (Å²) >= 11 is 13.3. The van der Waals surface area contributed by atoms with E-state index >= 15 is 0 Å². The summed E-state index contributed by atoms with van der Waals surface area (Å²) in [5.41, 5.74) is 3.53. The first-order valence-corrected chi connectivity index (χ1v) is 9.39. The number of carbonyl (C=O) groups is 1. The summed E-state index contributed by atoms with van der Waals surface area (Å²) in [5.74, 6) is 0.198. The maximum absolute atomic E-state index is 12.3. The van der Waals surface area contributed by atoms with Crippen molar-refractivity contribution in [2.75, 3.05) is 5.32 Å². The smallest absolute Gasteiger partial charge is 0.257 e. The summed E-state index contributed by atoms with van der Waals surface area (Å²) in [5, 5.41) is 6.08. The lowest BCUT2D eigenvalue weighted by Crippen LogP contribution is -2.11. The molecule has 3 nitrogen and oxygen atoms in total. The van der Waals surface area contributed by atoms with Gasteiger partial charge in [0.15, 0.2) is 5.13 Å². The van der Waals surface area contributed by atoms with E-state index in [1.807, 2.05) is 17.5 Å². The third kappa shape index (κ3) is 4.40. The molecular weight excluding hydrogens is 375 g/mol. The Morgan fingerprint density at radius 1 is 1.08 bits per heavy atom. The van der Waals surface area contributed by atoms with E-state index in [9.17, 15) is 4.79 Å². The van der Waals surface area contributed by atoms with E-state index in [0.717, 1.165) is 11.3 Å². The molecule has 1 amide bonds. The van der Waals surface area contributed by atoms with Crippen molar-refractivity contribution < 1.29 is 4.79 Å². The lowest BCUT2D eigenvalue weighted by molar-refractivity contribution is 0.102. The van der Waals surface area contributed by atoms with Crippen molar-refractivity contribution >= 4 is 45.6 Å². The fraction of sp³-hybridized carbons (Fsp3) is 0.158. The van der Waals surface area contributed by atoms with Crippen molar-refractivity contribution in [2.24, 2.45) is 0 Å². The molecule has 0 aliphatic heterocycles. The van der Waals surface area contributed by atoms with E-state index < -0.39 is 0 Å². The molecule has 1 N–H and O–H groups in total. The summed E-state index contributed by atoms with van der Waals surface area (Å²) < 4.78 is 0. The highest BCUT2D eigenvalue weighted by Gasteiger charge is 2.12. The second-order valence-electron chi connectivity index (χ2n) is 5.93. The Labute approximate surface area is 160 Å². The zero-order valence-electron chi connectivity index (χ0n) is 13.7. The summed E-state index contributed by atoms with van der Waals surface area (Å²) in [4.78, 5) is 16.8. The van der Waals surface area contributed by atoms with Crippen molar-refractivity contribution in [3.63, 3.8) is 0 Å². The molecule has 1 heterocycles. The molecule has 1 aromatic heterocycles. The SMILES string of the molecule is CC(C)c1ccc(-c2csc(NC(=O)c3cc(Cl)cc(Cl)c3)n2)cc1. The van der Waals surface area contributed by atoms with Gasteiger partial charge in [0.2, 0.25) is 0 Å². The Morgan fingerprint density at radius 3 is 2.32 bits per heavy atom. The van der Waals surface area contributed by atoms with E-state index in [1.54, 1.807) is 18.2 Å². The largest absolute Gasteiger partial charge is 0.298 e. The van der Waals surface area contributed by atoms with Crippen LogP contribution in [0.4, 0.5) is 5.13 Å². The molecule has 0 saturated carbocycles. The molecule has 3 rings (SSSR count). The van der Waals surface area contributed by atoms with E-state index in [1.165, 1.54) is 16.9 Å². The zero-order valence-corrected chi connectivity index (χ0v) is 16.0. The van der Waals surface area contributed by atoms with Gasteiger partial charge in [-0.15, -0.1) is 11.3 Å². The molecule has 0 aliphatic rings. The zero-order chi connectivity index (χ0) is 18.0. The van der Waals surface area contributed by atoms with Gasteiger partial charge in [0.1, 0.15) is 0 Å². The number of benzene rings is 2. The number of aromatic nitrogens is 1. The first-order valence-electron chi connectivity index (χ1n) is 7.75. The lowest BCUT2D eigenvalue weighted by Gasteiger charge is -2.05. The van der Waals surface area contributed by atoms with Gasteiger partial charge in [-0.2, -0.15) is 0 Å². The van der Waals surface area contributed by atoms with Gasteiger partial charge in [0, 0.05) is 26.6 Å². The summed E-state index contributed by atoms with van der Waals surface area (Å²) in [6.45, 7) is 4.32. The molecule has 6 heteroatoms. The van der Waals surface area contributed by atoms with Gasteiger partial charge >= 0.3 is 0 Å². The first-order chi connectivity index (χ1) is 11.9. The van der Waals surface area contributed by atoms with Gasteiger partial charge in [-0.25, -0.2) is 4.98 Å². The van der Waals surface area contributed by atoms with Crippen LogP contribution in [-0.2, 0) is 0 Å². The van der Waals surface area contributed by atoms with E-state index in [-0.39, 0.29) is 5.91 Å². The predicted molar refractivity (Wildman–Crippen MR) is 106 cm³/mol. The molecule has 0 spiro atoms. The molecule has 0 bridgehead atoms. The second kappa shape index (κ2) is 7.56. The highest BCUT2D eigenvalue weighted by Crippen LogP contribution is 2.27. The van der Waals surface area contributed by atoms with Crippen molar-refractivity contribution in [2.45, 2.75) is 19.8 Å². The number of nitrogens with one attached hydrogen (secondary N) is 1. The molecule has 0 atom stereocenters. The fourth-order valence-corrected chi connectivity index (χ4v) is 3.60. The van der Waals surface area contributed by atoms with Gasteiger partial charge in [-0.05, 0) is 29.7 Å². The van der Waals surface area contributed by atoms with Crippen LogP contribution in [-0.4, -0.2) is 10.9 Å². The van der Waals surface area contributed by atoms with Crippen LogP contribution in [0.2, 0.25) is 10.0 Å². The average molecular weight is 391 g/mol. The Bertz CT molecular complexity index is 884. The van der Waals surface area contributed by atoms with Crippen LogP contribution in [0.1, 0.15) is 35.7 Å². The Hall–Kier alpha value is -1.88. The number of nitrogens with zero attached hydrogens (tertiary/aromatic N) is 1. The van der Waals surface area contributed by atoms with Gasteiger partial charge in [0.25, 0.3) is 5.91 Å². The second-order valence-corrected chi connectivity index (χ2v) is 7.66. The first kappa shape index (κ1) is 17.9. The van der Waals surface area contributed by atoms with E-state index in [4.69, 9.17) is 23.2 Å².